The number of halogens is 1. The molecule has 1 saturated heterocycles. The van der Waals surface area contributed by atoms with Crippen LogP contribution in [-0.2, 0) is 4.74 Å². The maximum absolute atomic E-state index is 6.63. The molecule has 2 aromatic heterocycles. The van der Waals surface area contributed by atoms with Crippen molar-refractivity contribution in [3.63, 3.8) is 0 Å². The summed E-state index contributed by atoms with van der Waals surface area (Å²) in [5, 5.41) is 5.64. The Labute approximate surface area is 145 Å². The van der Waals surface area contributed by atoms with Crippen LogP contribution in [0.2, 0.25) is 5.02 Å². The van der Waals surface area contributed by atoms with Crippen LogP contribution in [0.3, 0.4) is 0 Å². The number of anilines is 1. The van der Waals surface area contributed by atoms with Crippen molar-refractivity contribution in [3.05, 3.63) is 41.6 Å². The molecular weight excluding hydrogens is 326 g/mol. The van der Waals surface area contributed by atoms with Crippen LogP contribution in [0.4, 0.5) is 5.69 Å². The summed E-state index contributed by atoms with van der Waals surface area (Å²) in [5.74, 6) is 0. The molecule has 3 heterocycles. The largest absolute Gasteiger partial charge is 0.372 e. The van der Waals surface area contributed by atoms with E-state index in [9.17, 15) is 0 Å². The quantitative estimate of drug-likeness (QED) is 0.699. The van der Waals surface area contributed by atoms with Gasteiger partial charge in [-0.15, -0.1) is 0 Å². The zero-order valence-corrected chi connectivity index (χ0v) is 14.3. The third-order valence-corrected chi connectivity index (χ3v) is 4.59. The van der Waals surface area contributed by atoms with E-state index in [0.29, 0.717) is 16.3 Å². The van der Waals surface area contributed by atoms with Gasteiger partial charge in [-0.25, -0.2) is 0 Å². The number of hydrogen-bond donors (Lipinski definition) is 0. The average molecular weight is 344 g/mol. The lowest BCUT2D eigenvalue weighted by Crippen LogP contribution is -2.45. The number of benzene rings is 1. The number of fused-ring (bicyclic) bond motifs is 1. The van der Waals surface area contributed by atoms with E-state index in [-0.39, 0.29) is 12.2 Å². The monoisotopic (exact) mass is 343 g/mol. The fourth-order valence-corrected chi connectivity index (χ4v) is 3.59. The highest BCUT2D eigenvalue weighted by Crippen LogP contribution is 2.38. The summed E-state index contributed by atoms with van der Waals surface area (Å²) in [5.41, 5.74) is 3.04. The van der Waals surface area contributed by atoms with Gasteiger partial charge in [-0.1, -0.05) is 22.8 Å². The number of aromatic nitrogens is 2. The van der Waals surface area contributed by atoms with Crippen molar-refractivity contribution in [1.82, 2.24) is 10.1 Å². The maximum Gasteiger partial charge on any atom is 0.188 e. The third kappa shape index (κ3) is 2.64. The second-order valence-electron chi connectivity index (χ2n) is 6.18. The van der Waals surface area contributed by atoms with E-state index in [1.54, 1.807) is 6.20 Å². The molecule has 6 heteroatoms. The van der Waals surface area contributed by atoms with E-state index in [2.05, 4.69) is 28.9 Å². The van der Waals surface area contributed by atoms with E-state index >= 15 is 0 Å². The molecule has 3 aromatic rings. The summed E-state index contributed by atoms with van der Waals surface area (Å²) < 4.78 is 11.3. The van der Waals surface area contributed by atoms with E-state index in [1.807, 2.05) is 30.3 Å². The first kappa shape index (κ1) is 15.4. The highest BCUT2D eigenvalue weighted by atomic mass is 35.5. The Kier molecular flexibility index (Phi) is 3.90. The normalized spacial score (nSPS) is 21.4. The van der Waals surface area contributed by atoms with Gasteiger partial charge in [0.05, 0.1) is 29.0 Å². The predicted octanol–water partition coefficient (Wildman–Crippen LogP) is 4.16. The minimum atomic E-state index is 0.166. The molecule has 1 fully saturated rings. The Morgan fingerprint density at radius 1 is 1.12 bits per heavy atom. The van der Waals surface area contributed by atoms with Gasteiger partial charge >= 0.3 is 0 Å². The van der Waals surface area contributed by atoms with Crippen molar-refractivity contribution in [3.8, 4) is 11.4 Å². The Morgan fingerprint density at radius 2 is 1.92 bits per heavy atom. The smallest absolute Gasteiger partial charge is 0.188 e. The molecule has 124 valence electrons. The molecule has 0 spiro atoms. The first-order chi connectivity index (χ1) is 11.6. The third-order valence-electron chi connectivity index (χ3n) is 4.23. The van der Waals surface area contributed by atoms with Crippen LogP contribution >= 0.6 is 11.6 Å². The van der Waals surface area contributed by atoms with Crippen molar-refractivity contribution in [2.24, 2.45) is 0 Å². The molecule has 2 atom stereocenters. The van der Waals surface area contributed by atoms with E-state index < -0.39 is 0 Å². The van der Waals surface area contributed by atoms with Crippen LogP contribution in [0.25, 0.3) is 22.4 Å². The molecule has 0 amide bonds. The standard InChI is InChI=1S/C18H18ClN3O2/c1-11-9-22(10-12(2)23-11)15-7-6-13-17(14-5-3-4-8-20-14)21-24-18(13)16(15)19/h3-8,11-12H,9-10H2,1-2H3/t11-,12+. The lowest BCUT2D eigenvalue weighted by Gasteiger charge is -2.37. The van der Waals surface area contributed by atoms with Gasteiger partial charge in [0.15, 0.2) is 5.58 Å². The summed E-state index contributed by atoms with van der Waals surface area (Å²) in [6.45, 7) is 5.75. The molecule has 1 aliphatic rings. The molecule has 0 N–H and O–H groups in total. The van der Waals surface area contributed by atoms with Gasteiger partial charge < -0.3 is 14.2 Å². The molecule has 1 aliphatic heterocycles. The van der Waals surface area contributed by atoms with Gasteiger partial charge in [-0.2, -0.15) is 0 Å². The number of hydrogen-bond acceptors (Lipinski definition) is 5. The highest BCUT2D eigenvalue weighted by Gasteiger charge is 2.26. The van der Waals surface area contributed by atoms with E-state index in [0.717, 1.165) is 29.9 Å². The molecule has 4 rings (SSSR count). The Balaban J connectivity index is 1.77. The van der Waals surface area contributed by atoms with Crippen LogP contribution in [0.1, 0.15) is 13.8 Å². The van der Waals surface area contributed by atoms with Crippen molar-refractivity contribution < 1.29 is 9.26 Å². The molecule has 0 unspecified atom stereocenters. The Bertz CT molecular complexity index is 855. The summed E-state index contributed by atoms with van der Waals surface area (Å²) in [6, 6.07) is 9.73. The van der Waals surface area contributed by atoms with Gasteiger partial charge in [0, 0.05) is 19.3 Å². The van der Waals surface area contributed by atoms with E-state index in [1.165, 1.54) is 0 Å². The zero-order chi connectivity index (χ0) is 16.7. The molecule has 0 bridgehead atoms. The van der Waals surface area contributed by atoms with Gasteiger partial charge in [0.1, 0.15) is 10.7 Å². The summed E-state index contributed by atoms with van der Waals surface area (Å²) in [6.07, 6.45) is 2.07. The molecule has 5 nitrogen and oxygen atoms in total. The minimum Gasteiger partial charge on any atom is -0.372 e. The first-order valence-corrected chi connectivity index (χ1v) is 8.41. The molecule has 0 aliphatic carbocycles. The molecular formula is C18H18ClN3O2. The number of nitrogens with zero attached hydrogens (tertiary/aromatic N) is 3. The van der Waals surface area contributed by atoms with Crippen LogP contribution < -0.4 is 4.90 Å². The highest BCUT2D eigenvalue weighted by molar-refractivity contribution is 6.37. The molecule has 1 aromatic carbocycles. The minimum absolute atomic E-state index is 0.166. The van der Waals surface area contributed by atoms with Gasteiger partial charge in [-0.05, 0) is 38.1 Å². The predicted molar refractivity (Wildman–Crippen MR) is 94.5 cm³/mol. The number of morpholine rings is 1. The number of ether oxygens (including phenoxy) is 1. The van der Waals surface area contributed by atoms with Crippen molar-refractivity contribution in [2.45, 2.75) is 26.1 Å². The van der Waals surface area contributed by atoms with Crippen molar-refractivity contribution in [2.75, 3.05) is 18.0 Å². The van der Waals surface area contributed by atoms with E-state index in [4.69, 9.17) is 20.9 Å². The summed E-state index contributed by atoms with van der Waals surface area (Å²) in [7, 11) is 0. The lowest BCUT2D eigenvalue weighted by molar-refractivity contribution is -0.00520. The van der Waals surface area contributed by atoms with Crippen LogP contribution in [0, 0.1) is 0 Å². The summed E-state index contributed by atoms with van der Waals surface area (Å²) in [4.78, 5) is 6.58. The fraction of sp³-hybridized carbons (Fsp3) is 0.333. The lowest BCUT2D eigenvalue weighted by atomic mass is 10.1. The Morgan fingerprint density at radius 3 is 2.62 bits per heavy atom. The SMILES string of the molecule is C[C@@H]1CN(c2ccc3c(-c4ccccn4)noc3c2Cl)C[C@H](C)O1. The number of rotatable bonds is 2. The Hall–Kier alpha value is -2.11. The van der Waals surface area contributed by atoms with Gasteiger partial charge in [-0.3, -0.25) is 4.98 Å². The van der Waals surface area contributed by atoms with Crippen LogP contribution in [0.15, 0.2) is 41.1 Å². The average Bonchev–Trinajstić information content (AvgIpc) is 3.00. The second kappa shape index (κ2) is 6.07. The molecule has 0 saturated carbocycles. The van der Waals surface area contributed by atoms with Crippen molar-refractivity contribution >= 4 is 28.3 Å². The molecule has 0 radical (unpaired) electrons. The fourth-order valence-electron chi connectivity index (χ4n) is 3.27. The second-order valence-corrected chi connectivity index (χ2v) is 6.56. The zero-order valence-electron chi connectivity index (χ0n) is 13.6. The molecule has 24 heavy (non-hydrogen) atoms. The first-order valence-electron chi connectivity index (χ1n) is 8.03. The summed E-state index contributed by atoms with van der Waals surface area (Å²) >= 11 is 6.63. The van der Waals surface area contributed by atoms with Crippen molar-refractivity contribution in [1.29, 1.82) is 0 Å². The van der Waals surface area contributed by atoms with Crippen LogP contribution in [0.5, 0.6) is 0 Å². The van der Waals surface area contributed by atoms with Gasteiger partial charge in [0.2, 0.25) is 0 Å². The van der Waals surface area contributed by atoms with Crippen LogP contribution in [-0.4, -0.2) is 35.4 Å². The maximum atomic E-state index is 6.63. The van der Waals surface area contributed by atoms with Gasteiger partial charge in [0.25, 0.3) is 0 Å². The topological polar surface area (TPSA) is 51.4 Å². The number of pyridine rings is 1.